The molecule has 0 spiro atoms. The summed E-state index contributed by atoms with van der Waals surface area (Å²) in [5.41, 5.74) is 0. The van der Waals surface area contributed by atoms with E-state index in [-0.39, 0.29) is 0 Å². The quantitative estimate of drug-likeness (QED) is 0.0618. The molecule has 0 fully saturated rings. The summed E-state index contributed by atoms with van der Waals surface area (Å²) in [7, 11) is 0. The minimum Gasteiger partial charge on any atom is -0.0991 e. The number of allylic oxidation sites excluding steroid dienone is 5. The molecule has 0 N–H and O–H groups in total. The second-order valence-electron chi connectivity index (χ2n) is 11.7. The van der Waals surface area contributed by atoms with Crippen molar-refractivity contribution in [2.75, 3.05) is 0 Å². The fourth-order valence-electron chi connectivity index (χ4n) is 5.43. The van der Waals surface area contributed by atoms with Crippen LogP contribution < -0.4 is 0 Å². The summed E-state index contributed by atoms with van der Waals surface area (Å²) in [5, 5.41) is 0. The van der Waals surface area contributed by atoms with Crippen LogP contribution in [0.25, 0.3) is 0 Å². The molecule has 0 aliphatic rings. The molecule has 0 bridgehead atoms. The molecule has 0 aromatic rings. The first-order chi connectivity index (χ1) is 18.4. The van der Waals surface area contributed by atoms with Crippen LogP contribution in [0, 0.1) is 0 Å². The van der Waals surface area contributed by atoms with Crippen molar-refractivity contribution in [1.29, 1.82) is 0 Å². The molecule has 0 heterocycles. The molecule has 0 amide bonds. The zero-order valence-corrected chi connectivity index (χ0v) is 25.8. The van der Waals surface area contributed by atoms with Crippen LogP contribution in [-0.2, 0) is 0 Å². The van der Waals surface area contributed by atoms with Crippen molar-refractivity contribution >= 4 is 0 Å². The van der Waals surface area contributed by atoms with Crippen molar-refractivity contribution in [2.24, 2.45) is 0 Å². The Balaban J connectivity index is 3.05. The number of hydrogen-bond donors (Lipinski definition) is 0. The first-order valence-corrected chi connectivity index (χ1v) is 17.4. The van der Waals surface area contributed by atoms with Crippen LogP contribution in [0.3, 0.4) is 0 Å². The van der Waals surface area contributed by atoms with Crippen LogP contribution in [0.4, 0.5) is 0 Å². The molecule has 0 aliphatic carbocycles. The average molecular weight is 515 g/mol. The van der Waals surface area contributed by atoms with Gasteiger partial charge in [-0.05, 0) is 12.8 Å². The van der Waals surface area contributed by atoms with Gasteiger partial charge in [0.1, 0.15) is 0 Å². The van der Waals surface area contributed by atoms with Crippen molar-refractivity contribution in [2.45, 2.75) is 200 Å². The van der Waals surface area contributed by atoms with Gasteiger partial charge in [-0.25, -0.2) is 0 Å². The molecule has 0 nitrogen and oxygen atoms in total. The molecule has 37 heavy (non-hydrogen) atoms. The van der Waals surface area contributed by atoms with E-state index in [9.17, 15) is 0 Å². The van der Waals surface area contributed by atoms with Crippen molar-refractivity contribution < 1.29 is 0 Å². The minimum atomic E-state index is 1.22. The van der Waals surface area contributed by atoms with Gasteiger partial charge in [0.05, 0.1) is 0 Å². The second kappa shape index (κ2) is 35.2. The smallest absolute Gasteiger partial charge is 0.0348 e. The van der Waals surface area contributed by atoms with Crippen molar-refractivity contribution in [3.63, 3.8) is 0 Å². The van der Waals surface area contributed by atoms with Gasteiger partial charge in [-0.1, -0.05) is 224 Å². The average Bonchev–Trinajstić information content (AvgIpc) is 2.91. The Morgan fingerprint density at radius 1 is 0.324 bits per heavy atom. The maximum absolute atomic E-state index is 3.68. The molecule has 0 saturated carbocycles. The van der Waals surface area contributed by atoms with Crippen molar-refractivity contribution in [1.82, 2.24) is 0 Å². The zero-order valence-electron chi connectivity index (χ0n) is 25.8. The highest BCUT2D eigenvalue weighted by Crippen LogP contribution is 2.16. The van der Waals surface area contributed by atoms with Crippen LogP contribution in [0.1, 0.15) is 200 Å². The van der Waals surface area contributed by atoms with Gasteiger partial charge in [0, 0.05) is 0 Å². The van der Waals surface area contributed by atoms with E-state index < -0.39 is 0 Å². The summed E-state index contributed by atoms with van der Waals surface area (Å²) in [6.45, 7) is 5.99. The van der Waals surface area contributed by atoms with E-state index >= 15 is 0 Å². The van der Waals surface area contributed by atoms with Crippen molar-refractivity contribution in [3.05, 3.63) is 37.0 Å². The molecule has 0 aromatic heterocycles. The topological polar surface area (TPSA) is 0 Å². The molecule has 0 atom stereocenters. The van der Waals surface area contributed by atoms with E-state index in [1.807, 2.05) is 12.2 Å². The van der Waals surface area contributed by atoms with E-state index in [1.54, 1.807) is 0 Å². The molecule has 0 saturated heterocycles. The highest BCUT2D eigenvalue weighted by atomic mass is 14.0. The van der Waals surface area contributed by atoms with Crippen molar-refractivity contribution in [3.8, 4) is 0 Å². The first-order valence-electron chi connectivity index (χ1n) is 17.4. The van der Waals surface area contributed by atoms with Crippen LogP contribution in [0.15, 0.2) is 37.0 Å². The fraction of sp³-hybridized carbons (Fsp3) is 0.838. The zero-order chi connectivity index (χ0) is 26.7. The van der Waals surface area contributed by atoms with Gasteiger partial charge in [0.15, 0.2) is 0 Å². The monoisotopic (exact) mass is 515 g/mol. The normalized spacial score (nSPS) is 11.8. The van der Waals surface area contributed by atoms with Gasteiger partial charge in [-0.15, -0.1) is 0 Å². The van der Waals surface area contributed by atoms with E-state index in [0.717, 1.165) is 0 Å². The van der Waals surface area contributed by atoms with Gasteiger partial charge < -0.3 is 0 Å². The second-order valence-corrected chi connectivity index (χ2v) is 11.7. The molecule has 0 aliphatic heterocycles. The summed E-state index contributed by atoms with van der Waals surface area (Å²) in [6.07, 6.45) is 54.0. The SMILES string of the molecule is C=CC=CC=CCCCCCCCCCCCCCCCCCCCCCCCCCCCCCCC. The molecule has 0 rings (SSSR count). The predicted molar refractivity (Wildman–Crippen MR) is 173 cm³/mol. The third kappa shape index (κ3) is 35.2. The van der Waals surface area contributed by atoms with Gasteiger partial charge >= 0.3 is 0 Å². The Kier molecular flexibility index (Phi) is 34.5. The summed E-state index contributed by atoms with van der Waals surface area (Å²) in [5.74, 6) is 0. The highest BCUT2D eigenvalue weighted by Gasteiger charge is 1.96. The lowest BCUT2D eigenvalue weighted by atomic mass is 10.0. The molecule has 0 unspecified atom stereocenters. The van der Waals surface area contributed by atoms with E-state index in [0.29, 0.717) is 0 Å². The minimum absolute atomic E-state index is 1.22. The standard InChI is InChI=1S/C37H70/c1-3-5-7-9-11-13-15-17-19-21-23-25-27-29-31-33-35-37-36-34-32-30-28-26-24-22-20-18-16-14-12-10-8-6-4-2/h3,5,7,9,11H,1,4,6,8,10,12-37H2,2H3. The summed E-state index contributed by atoms with van der Waals surface area (Å²) in [4.78, 5) is 0. The summed E-state index contributed by atoms with van der Waals surface area (Å²) >= 11 is 0. The summed E-state index contributed by atoms with van der Waals surface area (Å²) < 4.78 is 0. The van der Waals surface area contributed by atoms with Crippen LogP contribution >= 0.6 is 0 Å². The van der Waals surface area contributed by atoms with Gasteiger partial charge in [0.2, 0.25) is 0 Å². The van der Waals surface area contributed by atoms with E-state index in [2.05, 4.69) is 31.7 Å². The van der Waals surface area contributed by atoms with Gasteiger partial charge in [-0.3, -0.25) is 0 Å². The molecular formula is C37H70. The van der Waals surface area contributed by atoms with E-state index in [4.69, 9.17) is 0 Å². The van der Waals surface area contributed by atoms with Gasteiger partial charge in [-0.2, -0.15) is 0 Å². The van der Waals surface area contributed by atoms with Gasteiger partial charge in [0.25, 0.3) is 0 Å². The third-order valence-corrected chi connectivity index (χ3v) is 7.97. The Morgan fingerprint density at radius 2 is 0.595 bits per heavy atom. The third-order valence-electron chi connectivity index (χ3n) is 7.97. The maximum atomic E-state index is 3.68. The highest BCUT2D eigenvalue weighted by molar-refractivity contribution is 5.08. The molecule has 0 radical (unpaired) electrons. The van der Waals surface area contributed by atoms with E-state index in [1.165, 1.54) is 193 Å². The first kappa shape index (κ1) is 36.2. The van der Waals surface area contributed by atoms with Crippen LogP contribution in [-0.4, -0.2) is 0 Å². The number of unbranched alkanes of at least 4 members (excludes halogenated alkanes) is 29. The lowest BCUT2D eigenvalue weighted by molar-refractivity contribution is 0.513. The predicted octanol–water partition coefficient (Wildman–Crippen LogP) is 14.0. The Bertz CT molecular complexity index is 457. The lowest BCUT2D eigenvalue weighted by Gasteiger charge is -2.04. The van der Waals surface area contributed by atoms with Crippen LogP contribution in [0.2, 0.25) is 0 Å². The number of hydrogen-bond acceptors (Lipinski definition) is 0. The molecule has 218 valence electrons. The Morgan fingerprint density at radius 3 is 0.865 bits per heavy atom. The number of rotatable bonds is 32. The molecule has 0 heteroatoms. The Hall–Kier alpha value is -0.780. The fourth-order valence-corrected chi connectivity index (χ4v) is 5.43. The molecule has 0 aromatic carbocycles. The largest absolute Gasteiger partial charge is 0.0991 e. The Labute approximate surface area is 236 Å². The van der Waals surface area contributed by atoms with Crippen LogP contribution in [0.5, 0.6) is 0 Å². The summed E-state index contributed by atoms with van der Waals surface area (Å²) in [6, 6.07) is 0. The maximum Gasteiger partial charge on any atom is -0.0348 e. The molecular weight excluding hydrogens is 444 g/mol. The lowest BCUT2D eigenvalue weighted by Crippen LogP contribution is -1.85.